The summed E-state index contributed by atoms with van der Waals surface area (Å²) in [5.74, 6) is 9.60. The van der Waals surface area contributed by atoms with Crippen molar-refractivity contribution < 1.29 is 62.4 Å². The second-order valence-corrected chi connectivity index (χ2v) is 27.0. The van der Waals surface area contributed by atoms with Crippen molar-refractivity contribution in [2.75, 3.05) is 13.2 Å². The molecule has 12 aliphatic rings. The third-order valence-electron chi connectivity index (χ3n) is 24.0. The Morgan fingerprint density at radius 1 is 0.467 bits per heavy atom. The molecule has 2 heterocycles. The van der Waals surface area contributed by atoms with E-state index in [1.165, 1.54) is 57.8 Å². The van der Waals surface area contributed by atoms with Gasteiger partial charge >= 0.3 is 41.8 Å². The summed E-state index contributed by atoms with van der Waals surface area (Å²) in [6.07, 6.45) is 19.2. The van der Waals surface area contributed by atoms with Crippen LogP contribution in [0.1, 0.15) is 186 Å². The molecule has 13 heteroatoms. The van der Waals surface area contributed by atoms with Crippen molar-refractivity contribution in [2.45, 2.75) is 197 Å². The number of aliphatic hydroxyl groups excluding tert-OH is 1. The van der Waals surface area contributed by atoms with Crippen molar-refractivity contribution in [3.8, 4) is 0 Å². The van der Waals surface area contributed by atoms with Crippen molar-refractivity contribution in [3.05, 3.63) is 0 Å². The van der Waals surface area contributed by atoms with Crippen LogP contribution in [0.25, 0.3) is 0 Å². The third kappa shape index (κ3) is 11.2. The minimum absolute atomic E-state index is 0.0709. The minimum Gasteiger partial charge on any atom is -0.463 e. The van der Waals surface area contributed by atoms with Gasteiger partial charge in [-0.25, -0.2) is 0 Å². The van der Waals surface area contributed by atoms with E-state index in [-0.39, 0.29) is 83.7 Å². The van der Waals surface area contributed by atoms with Crippen molar-refractivity contribution in [1.29, 1.82) is 0 Å². The SMILES string of the molecule is CC1C(=O)OC(=O)C1C.CC1C(=O)OC(=O)C1C.CC1C2CC(C(=O)OCCO)C(C2)C1C.CCC1(OC(=O)C2CC3CC2C(C)C3C)CC2CCC1C2.CCC1(OC(=O)C2CC3CC2C(C)C3C)CC2CCC1C2. The summed E-state index contributed by atoms with van der Waals surface area (Å²) in [6.45, 7) is 25.3. The van der Waals surface area contributed by atoms with Crippen LogP contribution in [0.15, 0.2) is 0 Å². The highest BCUT2D eigenvalue weighted by molar-refractivity contribution is 5.96. The normalized spacial score (nSPS) is 47.5. The number of hydrogen-bond donors (Lipinski definition) is 1. The molecule has 2 aliphatic heterocycles. The van der Waals surface area contributed by atoms with E-state index in [4.69, 9.17) is 19.3 Å². The maximum atomic E-state index is 12.9. The van der Waals surface area contributed by atoms with Crippen LogP contribution in [-0.2, 0) is 57.2 Å². The smallest absolute Gasteiger partial charge is 0.317 e. The maximum absolute atomic E-state index is 12.9. The molecule has 12 fully saturated rings. The molecule has 10 aliphatic carbocycles. The zero-order valence-electron chi connectivity index (χ0n) is 47.9. The highest BCUT2D eigenvalue weighted by atomic mass is 16.6. The van der Waals surface area contributed by atoms with Crippen molar-refractivity contribution in [1.82, 2.24) is 0 Å². The Kier molecular flexibility index (Phi) is 17.9. The van der Waals surface area contributed by atoms with Gasteiger partial charge in [0, 0.05) is 0 Å². The molecule has 0 amide bonds. The van der Waals surface area contributed by atoms with Crippen LogP contribution in [0.4, 0.5) is 0 Å². The largest absolute Gasteiger partial charge is 0.463 e. The Hall–Kier alpha value is -3.35. The molecule has 0 radical (unpaired) electrons. The van der Waals surface area contributed by atoms with Gasteiger partial charge in [0.15, 0.2) is 0 Å². The lowest BCUT2D eigenvalue weighted by Gasteiger charge is -2.39. The number of cyclic esters (lactones) is 4. The van der Waals surface area contributed by atoms with Crippen LogP contribution < -0.4 is 0 Å². The standard InChI is InChI=1S/2C19H30O2.C12H20O3.2C6H8O3/c2*1-4-19(10-13-5-6-15(19)7-13)21-18(20)17-9-14-8-16(17)12(3)11(14)2;1-7-8(2)10-5-9(7)6-11(10)12(14)15-4-3-13;2*1-3-4(2)6(8)9-5(3)7/h2*11-17H,4-10H2,1-3H3;7-11,13H,3-6H2,1-2H3;2*3-4H,1-2H3. The van der Waals surface area contributed by atoms with E-state index in [0.717, 1.165) is 92.3 Å². The first-order valence-electron chi connectivity index (χ1n) is 30.2. The van der Waals surface area contributed by atoms with Crippen LogP contribution in [0.2, 0.25) is 0 Å². The highest BCUT2D eigenvalue weighted by Crippen LogP contribution is 2.60. The first-order valence-corrected chi connectivity index (χ1v) is 30.2. The lowest BCUT2D eigenvalue weighted by Crippen LogP contribution is -2.43. The Morgan fingerprint density at radius 3 is 1.00 bits per heavy atom. The second kappa shape index (κ2) is 23.2. The molecular weight excluding hydrogens is 953 g/mol. The molecular formula is C62H96O13. The van der Waals surface area contributed by atoms with Gasteiger partial charge in [-0.15, -0.1) is 0 Å². The zero-order valence-corrected chi connectivity index (χ0v) is 47.9. The van der Waals surface area contributed by atoms with Gasteiger partial charge < -0.3 is 28.8 Å². The van der Waals surface area contributed by atoms with Gasteiger partial charge in [-0.1, -0.05) is 83.1 Å². The van der Waals surface area contributed by atoms with E-state index in [1.807, 2.05) is 0 Å². The molecule has 25 unspecified atom stereocenters. The topological polar surface area (TPSA) is 186 Å². The Balaban J connectivity index is 0.000000130. The molecule has 0 aromatic rings. The summed E-state index contributed by atoms with van der Waals surface area (Å²) in [6, 6.07) is 0. The van der Waals surface area contributed by atoms with E-state index < -0.39 is 23.9 Å². The lowest BCUT2D eigenvalue weighted by molar-refractivity contribution is -0.175. The molecule has 10 saturated carbocycles. The number of carbonyl (C=O) groups excluding carboxylic acids is 7. The van der Waals surface area contributed by atoms with Gasteiger partial charge in [0.2, 0.25) is 0 Å². The van der Waals surface area contributed by atoms with E-state index in [2.05, 4.69) is 64.9 Å². The quantitative estimate of drug-likeness (QED) is 0.131. The van der Waals surface area contributed by atoms with E-state index in [1.54, 1.807) is 27.7 Å². The molecule has 75 heavy (non-hydrogen) atoms. The lowest BCUT2D eigenvalue weighted by atomic mass is 9.75. The fourth-order valence-electron chi connectivity index (χ4n) is 17.9. The number of aliphatic hydroxyl groups is 1. The van der Waals surface area contributed by atoms with Crippen LogP contribution in [0.5, 0.6) is 0 Å². The molecule has 13 nitrogen and oxygen atoms in total. The van der Waals surface area contributed by atoms with E-state index in [9.17, 15) is 33.6 Å². The zero-order chi connectivity index (χ0) is 54.6. The van der Waals surface area contributed by atoms with Gasteiger partial charge in [-0.2, -0.15) is 0 Å². The highest BCUT2D eigenvalue weighted by Gasteiger charge is 2.59. The molecule has 0 spiro atoms. The fourth-order valence-corrected chi connectivity index (χ4v) is 17.9. The van der Waals surface area contributed by atoms with Crippen LogP contribution in [-0.4, -0.2) is 71.3 Å². The van der Waals surface area contributed by atoms with Crippen LogP contribution >= 0.6 is 0 Å². The fraction of sp³-hybridized carbons (Fsp3) is 0.887. The summed E-state index contributed by atoms with van der Waals surface area (Å²) in [5.41, 5.74) is -0.173. The number of ether oxygens (including phenoxy) is 5. The number of carbonyl (C=O) groups is 7. The van der Waals surface area contributed by atoms with Crippen LogP contribution in [0.3, 0.4) is 0 Å². The van der Waals surface area contributed by atoms with Gasteiger partial charge in [0.05, 0.1) is 48.0 Å². The molecule has 12 rings (SSSR count). The number of hydrogen-bond acceptors (Lipinski definition) is 13. The summed E-state index contributed by atoms with van der Waals surface area (Å²) in [7, 11) is 0. The molecule has 0 aromatic carbocycles. The van der Waals surface area contributed by atoms with Gasteiger partial charge in [0.1, 0.15) is 17.8 Å². The summed E-state index contributed by atoms with van der Waals surface area (Å²) in [4.78, 5) is 79.6. The average Bonchev–Trinajstić information content (AvgIpc) is 4.26. The monoisotopic (exact) mass is 1050 g/mol. The van der Waals surface area contributed by atoms with Crippen LogP contribution in [0, 0.1) is 136 Å². The van der Waals surface area contributed by atoms with Gasteiger partial charge in [-0.3, -0.25) is 33.6 Å². The van der Waals surface area contributed by atoms with Gasteiger partial charge in [0.25, 0.3) is 0 Å². The molecule has 2 saturated heterocycles. The minimum atomic E-state index is -0.396. The third-order valence-corrected chi connectivity index (χ3v) is 24.0. The summed E-state index contributed by atoms with van der Waals surface area (Å²) in [5, 5.41) is 8.61. The molecule has 422 valence electrons. The van der Waals surface area contributed by atoms with Crippen molar-refractivity contribution >= 4 is 41.8 Å². The first kappa shape index (κ1) is 57.8. The second-order valence-electron chi connectivity index (χ2n) is 27.0. The van der Waals surface area contributed by atoms with E-state index in [0.29, 0.717) is 47.3 Å². The molecule has 1 N–H and O–H groups in total. The summed E-state index contributed by atoms with van der Waals surface area (Å²) >= 11 is 0. The Morgan fingerprint density at radius 2 is 0.787 bits per heavy atom. The maximum Gasteiger partial charge on any atom is 0.317 e. The molecule has 25 atom stereocenters. The number of esters is 7. The van der Waals surface area contributed by atoms with Crippen molar-refractivity contribution in [3.63, 3.8) is 0 Å². The van der Waals surface area contributed by atoms with Gasteiger partial charge in [-0.05, 0) is 197 Å². The number of rotatable bonds is 9. The predicted octanol–water partition coefficient (Wildman–Crippen LogP) is 11.0. The Labute approximate surface area is 448 Å². The molecule has 0 aromatic heterocycles. The first-order chi connectivity index (χ1) is 35.5. The summed E-state index contributed by atoms with van der Waals surface area (Å²) < 4.78 is 26.2. The number of fused-ring (bicyclic) bond motifs is 10. The predicted molar refractivity (Wildman–Crippen MR) is 280 cm³/mol. The molecule has 10 bridgehead atoms. The Bertz CT molecular complexity index is 1960. The average molecular weight is 1050 g/mol. The van der Waals surface area contributed by atoms with E-state index >= 15 is 0 Å². The van der Waals surface area contributed by atoms with Crippen molar-refractivity contribution in [2.24, 2.45) is 136 Å².